The molecule has 1 aliphatic rings. The second-order valence-corrected chi connectivity index (χ2v) is 8.09. The number of nitrogens with zero attached hydrogens (tertiary/aromatic N) is 1. The summed E-state index contributed by atoms with van der Waals surface area (Å²) < 4.78 is 28.3. The zero-order valence-electron chi connectivity index (χ0n) is 13.7. The molecule has 1 aromatic carbocycles. The standard InChI is InChI=1S/C16H24N2O4S/c1-11(2)14-5-4-12(16(19)20)10-15(14)23(21,22)17-13-6-8-18(3)9-7-13/h4-5,10-11,13,17H,6-9H2,1-3H3,(H,19,20). The van der Waals surface area contributed by atoms with E-state index >= 15 is 0 Å². The number of aromatic carboxylic acids is 1. The van der Waals surface area contributed by atoms with Crippen LogP contribution in [0.25, 0.3) is 0 Å². The maximum atomic E-state index is 12.8. The molecule has 1 fully saturated rings. The van der Waals surface area contributed by atoms with Crippen molar-refractivity contribution in [2.75, 3.05) is 20.1 Å². The van der Waals surface area contributed by atoms with E-state index in [0.29, 0.717) is 5.56 Å². The highest BCUT2D eigenvalue weighted by molar-refractivity contribution is 7.89. The maximum Gasteiger partial charge on any atom is 0.335 e. The van der Waals surface area contributed by atoms with Crippen LogP contribution >= 0.6 is 0 Å². The number of benzene rings is 1. The molecule has 0 aromatic heterocycles. The molecule has 0 bridgehead atoms. The van der Waals surface area contributed by atoms with Crippen molar-refractivity contribution in [1.29, 1.82) is 0 Å². The monoisotopic (exact) mass is 340 g/mol. The Kier molecular flexibility index (Phi) is 5.44. The van der Waals surface area contributed by atoms with E-state index in [1.807, 2.05) is 20.9 Å². The minimum absolute atomic E-state index is 0.0121. The van der Waals surface area contributed by atoms with Crippen molar-refractivity contribution in [3.05, 3.63) is 29.3 Å². The van der Waals surface area contributed by atoms with Gasteiger partial charge in [-0.15, -0.1) is 0 Å². The van der Waals surface area contributed by atoms with Crippen molar-refractivity contribution in [2.45, 2.75) is 43.5 Å². The average molecular weight is 340 g/mol. The SMILES string of the molecule is CC(C)c1ccc(C(=O)O)cc1S(=O)(=O)NC1CCN(C)CC1. The second kappa shape index (κ2) is 6.98. The summed E-state index contributed by atoms with van der Waals surface area (Å²) in [7, 11) is -1.73. The molecule has 1 aromatic rings. The Hall–Kier alpha value is -1.44. The lowest BCUT2D eigenvalue weighted by atomic mass is 10.0. The Morgan fingerprint density at radius 3 is 2.43 bits per heavy atom. The lowest BCUT2D eigenvalue weighted by molar-refractivity contribution is 0.0696. The molecule has 1 heterocycles. The number of likely N-dealkylation sites (tertiary alicyclic amines) is 1. The summed E-state index contributed by atoms with van der Waals surface area (Å²) in [5, 5.41) is 9.13. The van der Waals surface area contributed by atoms with E-state index in [9.17, 15) is 13.2 Å². The predicted octanol–water partition coefficient (Wildman–Crippen LogP) is 1.88. The van der Waals surface area contributed by atoms with Crippen LogP contribution in [-0.4, -0.2) is 50.6 Å². The lowest BCUT2D eigenvalue weighted by Crippen LogP contribution is -2.43. The number of carbonyl (C=O) groups is 1. The minimum atomic E-state index is -3.74. The third-order valence-electron chi connectivity index (χ3n) is 4.21. The van der Waals surface area contributed by atoms with Crippen molar-refractivity contribution in [3.63, 3.8) is 0 Å². The number of hydrogen-bond acceptors (Lipinski definition) is 4. The number of hydrogen-bond donors (Lipinski definition) is 2. The van der Waals surface area contributed by atoms with Crippen LogP contribution in [0.3, 0.4) is 0 Å². The summed E-state index contributed by atoms with van der Waals surface area (Å²) in [6, 6.07) is 4.20. The van der Waals surface area contributed by atoms with E-state index in [2.05, 4.69) is 9.62 Å². The van der Waals surface area contributed by atoms with Gasteiger partial charge in [-0.1, -0.05) is 19.9 Å². The number of carboxylic acids is 1. The number of nitrogens with one attached hydrogen (secondary N) is 1. The van der Waals surface area contributed by atoms with Crippen LogP contribution in [-0.2, 0) is 10.0 Å². The van der Waals surface area contributed by atoms with E-state index in [-0.39, 0.29) is 22.4 Å². The molecule has 0 spiro atoms. The van der Waals surface area contributed by atoms with Crippen LogP contribution in [0.1, 0.15) is 48.5 Å². The first-order chi connectivity index (χ1) is 10.7. The van der Waals surface area contributed by atoms with Crippen molar-refractivity contribution in [3.8, 4) is 0 Å². The molecule has 1 aliphatic heterocycles. The minimum Gasteiger partial charge on any atom is -0.478 e. The highest BCUT2D eigenvalue weighted by Gasteiger charge is 2.26. The van der Waals surface area contributed by atoms with Gasteiger partial charge in [-0.05, 0) is 56.6 Å². The zero-order valence-corrected chi connectivity index (χ0v) is 14.6. The average Bonchev–Trinajstić information content (AvgIpc) is 2.48. The quantitative estimate of drug-likeness (QED) is 0.855. The molecule has 7 heteroatoms. The van der Waals surface area contributed by atoms with Crippen LogP contribution in [0.5, 0.6) is 0 Å². The normalized spacial score (nSPS) is 17.6. The number of rotatable bonds is 5. The number of carboxylic acid groups (broad SMARTS) is 1. The van der Waals surface area contributed by atoms with Gasteiger partial charge < -0.3 is 10.0 Å². The molecule has 0 unspecified atom stereocenters. The number of sulfonamides is 1. The van der Waals surface area contributed by atoms with Gasteiger partial charge in [0.05, 0.1) is 10.5 Å². The molecule has 0 saturated carbocycles. The molecule has 2 rings (SSSR count). The Morgan fingerprint density at radius 1 is 1.30 bits per heavy atom. The maximum absolute atomic E-state index is 12.8. The smallest absolute Gasteiger partial charge is 0.335 e. The summed E-state index contributed by atoms with van der Waals surface area (Å²) in [6.07, 6.45) is 1.51. The Labute approximate surface area is 137 Å². The van der Waals surface area contributed by atoms with Crippen molar-refractivity contribution in [1.82, 2.24) is 9.62 Å². The molecule has 0 radical (unpaired) electrons. The van der Waals surface area contributed by atoms with E-state index < -0.39 is 16.0 Å². The van der Waals surface area contributed by atoms with E-state index in [1.54, 1.807) is 6.07 Å². The molecular formula is C16H24N2O4S. The van der Waals surface area contributed by atoms with Gasteiger partial charge >= 0.3 is 5.97 Å². The van der Waals surface area contributed by atoms with Gasteiger partial charge in [0.2, 0.25) is 10.0 Å². The predicted molar refractivity (Wildman–Crippen MR) is 88.3 cm³/mol. The Balaban J connectivity index is 2.33. The van der Waals surface area contributed by atoms with Crippen molar-refractivity contribution < 1.29 is 18.3 Å². The molecule has 0 amide bonds. The molecule has 23 heavy (non-hydrogen) atoms. The first-order valence-corrected chi connectivity index (χ1v) is 9.27. The first kappa shape index (κ1) is 17.9. The third kappa shape index (κ3) is 4.31. The molecule has 6 nitrogen and oxygen atoms in total. The Bertz CT molecular complexity index is 677. The zero-order chi connectivity index (χ0) is 17.2. The van der Waals surface area contributed by atoms with Gasteiger partial charge in [0.15, 0.2) is 0 Å². The molecular weight excluding hydrogens is 316 g/mol. The van der Waals surface area contributed by atoms with E-state index in [4.69, 9.17) is 5.11 Å². The third-order valence-corrected chi connectivity index (χ3v) is 5.79. The summed E-state index contributed by atoms with van der Waals surface area (Å²) >= 11 is 0. The molecule has 2 N–H and O–H groups in total. The highest BCUT2D eigenvalue weighted by atomic mass is 32.2. The summed E-state index contributed by atoms with van der Waals surface area (Å²) in [5.41, 5.74) is 0.619. The van der Waals surface area contributed by atoms with Gasteiger partial charge in [-0.25, -0.2) is 17.9 Å². The summed E-state index contributed by atoms with van der Waals surface area (Å²) in [6.45, 7) is 5.48. The first-order valence-electron chi connectivity index (χ1n) is 7.79. The summed E-state index contributed by atoms with van der Waals surface area (Å²) in [5.74, 6) is -1.14. The summed E-state index contributed by atoms with van der Waals surface area (Å²) in [4.78, 5) is 13.4. The van der Waals surface area contributed by atoms with Gasteiger partial charge in [-0.3, -0.25) is 0 Å². The van der Waals surface area contributed by atoms with Gasteiger partial charge in [0.1, 0.15) is 0 Å². The van der Waals surface area contributed by atoms with Crippen LogP contribution < -0.4 is 4.72 Å². The fraction of sp³-hybridized carbons (Fsp3) is 0.562. The van der Waals surface area contributed by atoms with E-state index in [0.717, 1.165) is 25.9 Å². The molecule has 1 saturated heterocycles. The van der Waals surface area contributed by atoms with Crippen molar-refractivity contribution >= 4 is 16.0 Å². The highest BCUT2D eigenvalue weighted by Crippen LogP contribution is 2.26. The van der Waals surface area contributed by atoms with Crippen LogP contribution in [0.4, 0.5) is 0 Å². The van der Waals surface area contributed by atoms with Crippen molar-refractivity contribution in [2.24, 2.45) is 0 Å². The molecule has 0 aliphatic carbocycles. The largest absolute Gasteiger partial charge is 0.478 e. The van der Waals surface area contributed by atoms with Gasteiger partial charge in [0, 0.05) is 6.04 Å². The van der Waals surface area contributed by atoms with Crippen LogP contribution in [0.15, 0.2) is 23.1 Å². The Morgan fingerprint density at radius 2 is 1.91 bits per heavy atom. The van der Waals surface area contributed by atoms with Gasteiger partial charge in [-0.2, -0.15) is 0 Å². The van der Waals surface area contributed by atoms with Gasteiger partial charge in [0.25, 0.3) is 0 Å². The molecule has 0 atom stereocenters. The van der Waals surface area contributed by atoms with Crippen LogP contribution in [0, 0.1) is 0 Å². The lowest BCUT2D eigenvalue weighted by Gasteiger charge is -2.29. The fourth-order valence-corrected chi connectivity index (χ4v) is 4.48. The van der Waals surface area contributed by atoms with E-state index in [1.165, 1.54) is 12.1 Å². The van der Waals surface area contributed by atoms with Crippen LogP contribution in [0.2, 0.25) is 0 Å². The molecule has 128 valence electrons. The number of piperidine rings is 1. The fourth-order valence-electron chi connectivity index (χ4n) is 2.79. The second-order valence-electron chi connectivity index (χ2n) is 6.41. The topological polar surface area (TPSA) is 86.7 Å².